The quantitative estimate of drug-likeness (QED) is 0.747. The van der Waals surface area contributed by atoms with Crippen molar-refractivity contribution in [3.05, 3.63) is 45.6 Å². The second kappa shape index (κ2) is 9.39. The Kier molecular flexibility index (Phi) is 6.87. The van der Waals surface area contributed by atoms with Crippen LogP contribution in [0.25, 0.3) is 11.1 Å². The van der Waals surface area contributed by atoms with Crippen molar-refractivity contribution in [2.45, 2.75) is 32.7 Å². The first-order chi connectivity index (χ1) is 14.5. The summed E-state index contributed by atoms with van der Waals surface area (Å²) in [5, 5.41) is 3.39. The van der Waals surface area contributed by atoms with Crippen LogP contribution in [0.15, 0.2) is 29.1 Å². The predicted molar refractivity (Wildman–Crippen MR) is 121 cm³/mol. The number of fused-ring (bicyclic) bond motifs is 3. The third-order valence-corrected chi connectivity index (χ3v) is 5.97. The normalized spacial score (nSPS) is 14.9. The van der Waals surface area contributed by atoms with E-state index in [1.807, 2.05) is 25.2 Å². The monoisotopic (exact) mass is 412 g/mol. The molecule has 6 heteroatoms. The van der Waals surface area contributed by atoms with Crippen molar-refractivity contribution in [3.8, 4) is 28.4 Å². The van der Waals surface area contributed by atoms with E-state index in [-0.39, 0.29) is 11.5 Å². The Labute approximate surface area is 178 Å². The molecular formula is C24H32N2O4. The average Bonchev–Trinajstić information content (AvgIpc) is 3.01. The molecule has 162 valence electrons. The van der Waals surface area contributed by atoms with Gasteiger partial charge in [-0.25, -0.2) is 0 Å². The molecule has 0 radical (unpaired) electrons. The lowest BCUT2D eigenvalue weighted by Crippen LogP contribution is -2.26. The molecule has 0 saturated heterocycles. The van der Waals surface area contributed by atoms with Crippen molar-refractivity contribution in [1.82, 2.24) is 5.32 Å². The Bertz CT molecular complexity index is 970. The lowest BCUT2D eigenvalue weighted by atomic mass is 9.95. The smallest absolute Gasteiger partial charge is 0.203 e. The summed E-state index contributed by atoms with van der Waals surface area (Å²) in [5.41, 5.74) is 4.78. The number of anilines is 1. The Hall–Kier alpha value is -2.73. The van der Waals surface area contributed by atoms with Crippen molar-refractivity contribution in [1.29, 1.82) is 0 Å². The number of aryl methyl sites for hydroxylation is 1. The molecule has 1 aliphatic rings. The highest BCUT2D eigenvalue weighted by atomic mass is 16.5. The molecule has 0 spiro atoms. The van der Waals surface area contributed by atoms with E-state index >= 15 is 0 Å². The minimum atomic E-state index is 0.0306. The highest BCUT2D eigenvalue weighted by molar-refractivity contribution is 5.83. The van der Waals surface area contributed by atoms with Gasteiger partial charge >= 0.3 is 0 Å². The molecule has 30 heavy (non-hydrogen) atoms. The van der Waals surface area contributed by atoms with Crippen LogP contribution < -0.4 is 29.9 Å². The minimum Gasteiger partial charge on any atom is -0.493 e. The number of benzene rings is 1. The van der Waals surface area contributed by atoms with E-state index in [2.05, 4.69) is 24.1 Å². The molecule has 3 rings (SSSR count). The number of methoxy groups -OCH3 is 3. The first-order valence-corrected chi connectivity index (χ1v) is 10.5. The van der Waals surface area contributed by atoms with Crippen molar-refractivity contribution in [3.63, 3.8) is 0 Å². The lowest BCUT2D eigenvalue weighted by molar-refractivity contribution is 0.324. The maximum absolute atomic E-state index is 13.2. The number of hydrogen-bond donors (Lipinski definition) is 1. The summed E-state index contributed by atoms with van der Waals surface area (Å²) in [6.45, 7) is 5.68. The van der Waals surface area contributed by atoms with E-state index in [1.165, 1.54) is 0 Å². The number of ether oxygens (including phenoxy) is 3. The molecule has 2 aromatic rings. The topological polar surface area (TPSA) is 60.0 Å². The first-order valence-electron chi connectivity index (χ1n) is 10.5. The van der Waals surface area contributed by atoms with Crippen molar-refractivity contribution in [2.75, 3.05) is 46.4 Å². The maximum Gasteiger partial charge on any atom is 0.203 e. The Balaban J connectivity index is 2.40. The van der Waals surface area contributed by atoms with E-state index in [1.54, 1.807) is 27.4 Å². The molecule has 0 aromatic heterocycles. The Morgan fingerprint density at radius 3 is 2.30 bits per heavy atom. The molecule has 0 saturated carbocycles. The van der Waals surface area contributed by atoms with Gasteiger partial charge in [0.2, 0.25) is 11.2 Å². The highest BCUT2D eigenvalue weighted by Crippen LogP contribution is 2.50. The van der Waals surface area contributed by atoms with Gasteiger partial charge < -0.3 is 24.4 Å². The van der Waals surface area contributed by atoms with Crippen LogP contribution >= 0.6 is 0 Å². The van der Waals surface area contributed by atoms with Gasteiger partial charge in [-0.15, -0.1) is 0 Å². The van der Waals surface area contributed by atoms with Gasteiger partial charge in [0, 0.05) is 24.7 Å². The van der Waals surface area contributed by atoms with Gasteiger partial charge in [0.1, 0.15) is 0 Å². The van der Waals surface area contributed by atoms with Crippen LogP contribution in [0, 0.1) is 0 Å². The zero-order valence-corrected chi connectivity index (χ0v) is 18.8. The standard InChI is InChI=1S/C24H32N2O4/c1-7-26(8-2)19-12-10-16-17(14-20(19)27)18(25-3)11-9-15-13-21(28-4)23(29-5)24(30-6)22(15)16/h10,12-14,18,25H,7-9,11H2,1-6H3/t18-/m0/s1. The van der Waals surface area contributed by atoms with E-state index in [9.17, 15) is 4.79 Å². The van der Waals surface area contributed by atoms with Crippen LogP contribution in [0.3, 0.4) is 0 Å². The zero-order chi connectivity index (χ0) is 21.8. The fraction of sp³-hybridized carbons (Fsp3) is 0.458. The summed E-state index contributed by atoms with van der Waals surface area (Å²) in [5.74, 6) is 1.84. The molecule has 1 atom stereocenters. The molecule has 0 bridgehead atoms. The molecule has 0 amide bonds. The molecule has 0 heterocycles. The third-order valence-electron chi connectivity index (χ3n) is 5.97. The van der Waals surface area contributed by atoms with E-state index in [0.29, 0.717) is 22.9 Å². The van der Waals surface area contributed by atoms with Gasteiger partial charge in [0.05, 0.1) is 27.0 Å². The molecule has 0 aliphatic heterocycles. The van der Waals surface area contributed by atoms with Crippen LogP contribution in [-0.2, 0) is 6.42 Å². The zero-order valence-electron chi connectivity index (χ0n) is 18.8. The van der Waals surface area contributed by atoms with E-state index < -0.39 is 0 Å². The van der Waals surface area contributed by atoms with Crippen LogP contribution in [0.1, 0.15) is 37.4 Å². The largest absolute Gasteiger partial charge is 0.493 e. The molecule has 2 aromatic carbocycles. The highest BCUT2D eigenvalue weighted by Gasteiger charge is 2.28. The summed E-state index contributed by atoms with van der Waals surface area (Å²) in [6, 6.07) is 7.85. The fourth-order valence-electron chi connectivity index (χ4n) is 4.43. The van der Waals surface area contributed by atoms with E-state index in [4.69, 9.17) is 14.2 Å². The molecule has 0 fully saturated rings. The van der Waals surface area contributed by atoms with Crippen LogP contribution in [-0.4, -0.2) is 41.5 Å². The lowest BCUT2D eigenvalue weighted by Gasteiger charge is -2.19. The van der Waals surface area contributed by atoms with E-state index in [0.717, 1.165) is 48.2 Å². The fourth-order valence-corrected chi connectivity index (χ4v) is 4.43. The second-order valence-corrected chi connectivity index (χ2v) is 7.33. The van der Waals surface area contributed by atoms with Gasteiger partial charge in [-0.3, -0.25) is 4.79 Å². The predicted octanol–water partition coefficient (Wildman–Crippen LogP) is 3.79. The Morgan fingerprint density at radius 1 is 1.03 bits per heavy atom. The first kappa shape index (κ1) is 22.0. The second-order valence-electron chi connectivity index (χ2n) is 7.33. The van der Waals surface area contributed by atoms with Crippen molar-refractivity contribution < 1.29 is 14.2 Å². The Morgan fingerprint density at radius 2 is 1.73 bits per heavy atom. The molecule has 1 N–H and O–H groups in total. The van der Waals surface area contributed by atoms with Gasteiger partial charge in [-0.05, 0) is 68.6 Å². The van der Waals surface area contributed by atoms with Crippen molar-refractivity contribution >= 4 is 5.69 Å². The molecule has 6 nitrogen and oxygen atoms in total. The van der Waals surface area contributed by atoms with Crippen molar-refractivity contribution in [2.24, 2.45) is 0 Å². The number of nitrogens with one attached hydrogen (secondary N) is 1. The van der Waals surface area contributed by atoms with Gasteiger partial charge in [0.25, 0.3) is 0 Å². The maximum atomic E-state index is 13.2. The SMILES string of the molecule is CCN(CC)c1ccc2c(cc1=O)[C@@H](NC)CCc1cc(OC)c(OC)c(OC)c1-2. The van der Waals surface area contributed by atoms with Crippen LogP contribution in [0.5, 0.6) is 17.2 Å². The molecular weight excluding hydrogens is 380 g/mol. The van der Waals surface area contributed by atoms with Crippen LogP contribution in [0.2, 0.25) is 0 Å². The summed E-state index contributed by atoms with van der Waals surface area (Å²) in [7, 11) is 6.82. The minimum absolute atomic E-state index is 0.0306. The summed E-state index contributed by atoms with van der Waals surface area (Å²) < 4.78 is 17.0. The number of hydrogen-bond acceptors (Lipinski definition) is 6. The number of nitrogens with zero attached hydrogens (tertiary/aromatic N) is 1. The van der Waals surface area contributed by atoms with Gasteiger partial charge in [-0.1, -0.05) is 6.07 Å². The summed E-state index contributed by atoms with van der Waals surface area (Å²) in [4.78, 5) is 15.3. The number of rotatable bonds is 7. The summed E-state index contributed by atoms with van der Waals surface area (Å²) in [6.07, 6.45) is 1.69. The third kappa shape index (κ3) is 3.72. The summed E-state index contributed by atoms with van der Waals surface area (Å²) >= 11 is 0. The van der Waals surface area contributed by atoms with Gasteiger partial charge in [0.15, 0.2) is 11.5 Å². The average molecular weight is 413 g/mol. The molecule has 0 unspecified atom stereocenters. The van der Waals surface area contributed by atoms with Crippen LogP contribution in [0.4, 0.5) is 5.69 Å². The molecule has 1 aliphatic carbocycles. The van der Waals surface area contributed by atoms with Gasteiger partial charge in [-0.2, -0.15) is 0 Å².